The molecule has 0 aliphatic heterocycles. The highest BCUT2D eigenvalue weighted by Crippen LogP contribution is 2.12. The van der Waals surface area contributed by atoms with E-state index in [2.05, 4.69) is 10.6 Å². The Labute approximate surface area is 184 Å². The average molecular weight is 446 g/mol. The molecular weight excluding hydrogens is 420 g/mol. The number of carbonyl (C=O) groups is 4. The predicted octanol–water partition coefficient (Wildman–Crippen LogP) is 1.05. The van der Waals surface area contributed by atoms with Crippen molar-refractivity contribution in [2.45, 2.75) is 38.8 Å². The van der Waals surface area contributed by atoms with Crippen molar-refractivity contribution in [3.05, 3.63) is 59.7 Å². The van der Waals surface area contributed by atoms with Crippen LogP contribution in [0.1, 0.15) is 25.0 Å². The topological polar surface area (TPSA) is 173 Å². The van der Waals surface area contributed by atoms with Gasteiger partial charge >= 0.3 is 11.9 Å². The van der Waals surface area contributed by atoms with Crippen LogP contribution in [0.5, 0.6) is 11.5 Å². The molecule has 172 valence electrons. The molecule has 0 saturated carbocycles. The lowest BCUT2D eigenvalue weighted by molar-refractivity contribution is -0.141. The lowest BCUT2D eigenvalue weighted by Gasteiger charge is -2.13. The first kappa shape index (κ1) is 26.0. The molecule has 0 fully saturated rings. The van der Waals surface area contributed by atoms with Crippen LogP contribution in [0.4, 0.5) is 0 Å². The van der Waals surface area contributed by atoms with E-state index in [4.69, 9.17) is 20.4 Å². The van der Waals surface area contributed by atoms with Crippen LogP contribution in [0.2, 0.25) is 0 Å². The van der Waals surface area contributed by atoms with Crippen molar-refractivity contribution >= 4 is 23.8 Å². The number of phenols is 2. The molecule has 0 aromatic heterocycles. The Balaban J connectivity index is 0.000000320. The SMILES string of the molecule is CC(=O)N[C@@H](Cc1ccc(O)cc1)C(=O)O.CC(=O)N[C@@H](Cc1ccc(O)cc1)C(=O)O. The minimum absolute atomic E-state index is 0.121. The van der Waals surface area contributed by atoms with Gasteiger partial charge < -0.3 is 31.1 Å². The Morgan fingerprint density at radius 1 is 0.656 bits per heavy atom. The number of carboxylic acid groups (broad SMARTS) is 2. The summed E-state index contributed by atoms with van der Waals surface area (Å²) in [6, 6.07) is 10.5. The van der Waals surface area contributed by atoms with Gasteiger partial charge in [-0.15, -0.1) is 0 Å². The van der Waals surface area contributed by atoms with Gasteiger partial charge in [-0.1, -0.05) is 24.3 Å². The second-order valence-corrected chi connectivity index (χ2v) is 6.92. The van der Waals surface area contributed by atoms with Gasteiger partial charge in [0.15, 0.2) is 0 Å². The van der Waals surface area contributed by atoms with Gasteiger partial charge in [0.25, 0.3) is 0 Å². The van der Waals surface area contributed by atoms with E-state index in [1.54, 1.807) is 24.3 Å². The summed E-state index contributed by atoms with van der Waals surface area (Å²) in [6.07, 6.45) is 0.379. The zero-order valence-electron chi connectivity index (χ0n) is 17.6. The van der Waals surface area contributed by atoms with Crippen LogP contribution in [0.15, 0.2) is 48.5 Å². The van der Waals surface area contributed by atoms with Crippen molar-refractivity contribution in [1.82, 2.24) is 10.6 Å². The fourth-order valence-corrected chi connectivity index (χ4v) is 2.63. The van der Waals surface area contributed by atoms with Crippen LogP contribution in [0.25, 0.3) is 0 Å². The van der Waals surface area contributed by atoms with Crippen molar-refractivity contribution in [2.24, 2.45) is 0 Å². The second kappa shape index (κ2) is 12.6. The van der Waals surface area contributed by atoms with E-state index < -0.39 is 24.0 Å². The van der Waals surface area contributed by atoms with Gasteiger partial charge in [0.05, 0.1) is 0 Å². The largest absolute Gasteiger partial charge is 0.508 e. The summed E-state index contributed by atoms with van der Waals surface area (Å²) in [5.74, 6) is -2.69. The van der Waals surface area contributed by atoms with Crippen LogP contribution in [-0.4, -0.2) is 56.3 Å². The lowest BCUT2D eigenvalue weighted by atomic mass is 10.1. The number of carboxylic acids is 2. The quantitative estimate of drug-likeness (QED) is 0.349. The van der Waals surface area contributed by atoms with E-state index in [1.165, 1.54) is 38.1 Å². The van der Waals surface area contributed by atoms with Crippen molar-refractivity contribution in [3.8, 4) is 11.5 Å². The maximum Gasteiger partial charge on any atom is 0.326 e. The number of aliphatic carboxylic acids is 2. The van der Waals surface area contributed by atoms with Crippen molar-refractivity contribution < 1.29 is 39.6 Å². The zero-order valence-corrected chi connectivity index (χ0v) is 17.6. The second-order valence-electron chi connectivity index (χ2n) is 6.92. The first-order chi connectivity index (χ1) is 15.0. The van der Waals surface area contributed by atoms with E-state index in [9.17, 15) is 19.2 Å². The summed E-state index contributed by atoms with van der Waals surface area (Å²) in [5, 5.41) is 40.5. The number of aromatic hydroxyl groups is 2. The number of rotatable bonds is 8. The molecule has 0 heterocycles. The number of phenolic OH excluding ortho intramolecular Hbond substituents is 2. The Morgan fingerprint density at radius 2 is 0.938 bits per heavy atom. The van der Waals surface area contributed by atoms with Crippen LogP contribution in [-0.2, 0) is 32.0 Å². The number of amides is 2. The standard InChI is InChI=1S/2C11H13NO4/c2*1-7(13)12-10(11(15)16)6-8-2-4-9(14)5-3-8/h2*2-5,10,14H,6H2,1H3,(H,12,13)(H,15,16)/t2*10-/m00/s1. The van der Waals surface area contributed by atoms with Crippen LogP contribution in [0, 0.1) is 0 Å². The molecular formula is C22H26N2O8. The summed E-state index contributed by atoms with van der Waals surface area (Å²) >= 11 is 0. The molecule has 2 rings (SSSR count). The van der Waals surface area contributed by atoms with Gasteiger partial charge in [0, 0.05) is 26.7 Å². The lowest BCUT2D eigenvalue weighted by Crippen LogP contribution is -2.41. The van der Waals surface area contributed by atoms with Crippen LogP contribution < -0.4 is 10.6 Å². The molecule has 0 aliphatic carbocycles. The van der Waals surface area contributed by atoms with Gasteiger partial charge in [-0.05, 0) is 35.4 Å². The van der Waals surface area contributed by atoms with E-state index in [0.717, 1.165) is 11.1 Å². The predicted molar refractivity (Wildman–Crippen MR) is 114 cm³/mol. The van der Waals surface area contributed by atoms with E-state index in [1.807, 2.05) is 0 Å². The minimum atomic E-state index is -1.08. The third-order valence-corrected chi connectivity index (χ3v) is 4.10. The van der Waals surface area contributed by atoms with Crippen LogP contribution in [0.3, 0.4) is 0 Å². The molecule has 32 heavy (non-hydrogen) atoms. The Bertz CT molecular complexity index is 848. The molecule has 2 amide bonds. The fourth-order valence-electron chi connectivity index (χ4n) is 2.63. The van der Waals surface area contributed by atoms with Crippen LogP contribution >= 0.6 is 0 Å². The summed E-state index contributed by atoms with van der Waals surface area (Å²) in [7, 11) is 0. The first-order valence-corrected chi connectivity index (χ1v) is 9.53. The summed E-state index contributed by atoms with van der Waals surface area (Å²) in [5.41, 5.74) is 1.47. The highest BCUT2D eigenvalue weighted by atomic mass is 16.4. The van der Waals surface area contributed by atoms with E-state index in [-0.39, 0.29) is 36.2 Å². The first-order valence-electron chi connectivity index (χ1n) is 9.53. The summed E-state index contributed by atoms with van der Waals surface area (Å²) in [6.45, 7) is 2.54. The Kier molecular flexibility index (Phi) is 10.2. The highest BCUT2D eigenvalue weighted by Gasteiger charge is 2.19. The molecule has 10 heteroatoms. The number of hydrogen-bond acceptors (Lipinski definition) is 6. The Morgan fingerprint density at radius 3 is 1.16 bits per heavy atom. The maximum absolute atomic E-state index is 10.8. The number of hydrogen-bond donors (Lipinski definition) is 6. The molecule has 6 N–H and O–H groups in total. The van der Waals surface area contributed by atoms with Crippen molar-refractivity contribution in [1.29, 1.82) is 0 Å². The van der Waals surface area contributed by atoms with Gasteiger partial charge in [0.1, 0.15) is 23.6 Å². The van der Waals surface area contributed by atoms with Gasteiger partial charge in [0.2, 0.25) is 11.8 Å². The molecule has 0 aliphatic rings. The number of nitrogens with one attached hydrogen (secondary N) is 2. The Hall–Kier alpha value is -4.08. The summed E-state index contributed by atoms with van der Waals surface area (Å²) < 4.78 is 0. The van der Waals surface area contributed by atoms with Crippen molar-refractivity contribution in [3.63, 3.8) is 0 Å². The minimum Gasteiger partial charge on any atom is -0.508 e. The molecule has 0 radical (unpaired) electrons. The molecule has 2 atom stereocenters. The smallest absolute Gasteiger partial charge is 0.326 e. The molecule has 0 saturated heterocycles. The fraction of sp³-hybridized carbons (Fsp3) is 0.273. The number of carbonyl (C=O) groups excluding carboxylic acids is 2. The number of benzene rings is 2. The molecule has 2 aromatic rings. The average Bonchev–Trinajstić information content (AvgIpc) is 2.70. The molecule has 0 bridgehead atoms. The van der Waals surface area contributed by atoms with Crippen molar-refractivity contribution in [2.75, 3.05) is 0 Å². The third-order valence-electron chi connectivity index (χ3n) is 4.10. The zero-order chi connectivity index (χ0) is 24.3. The molecule has 2 aromatic carbocycles. The monoisotopic (exact) mass is 446 g/mol. The molecule has 0 unspecified atom stereocenters. The van der Waals surface area contributed by atoms with E-state index in [0.29, 0.717) is 0 Å². The van der Waals surface area contributed by atoms with Gasteiger partial charge in [-0.25, -0.2) is 9.59 Å². The van der Waals surface area contributed by atoms with Gasteiger partial charge in [-0.2, -0.15) is 0 Å². The normalized spacial score (nSPS) is 11.8. The third kappa shape index (κ3) is 10.1. The summed E-state index contributed by atoms with van der Waals surface area (Å²) in [4.78, 5) is 43.3. The van der Waals surface area contributed by atoms with Gasteiger partial charge in [-0.3, -0.25) is 9.59 Å². The molecule has 10 nitrogen and oxygen atoms in total. The molecule has 0 spiro atoms. The highest BCUT2D eigenvalue weighted by molar-refractivity contribution is 5.82. The maximum atomic E-state index is 10.8. The van der Waals surface area contributed by atoms with E-state index >= 15 is 0 Å².